The second kappa shape index (κ2) is 7.71. The van der Waals surface area contributed by atoms with Crippen LogP contribution in [0.1, 0.15) is 44.2 Å². The summed E-state index contributed by atoms with van der Waals surface area (Å²) in [6.07, 6.45) is 1.97. The molecule has 3 atom stereocenters. The van der Waals surface area contributed by atoms with E-state index in [1.54, 1.807) is 0 Å². The molecule has 20 heavy (non-hydrogen) atoms. The Hall–Kier alpha value is -0.200. The zero-order valence-electron chi connectivity index (χ0n) is 12.8. The summed E-state index contributed by atoms with van der Waals surface area (Å²) >= 11 is 4.02. The molecule has 0 spiro atoms. The lowest BCUT2D eigenvalue weighted by Crippen LogP contribution is -2.32. The monoisotopic (exact) mass is 315 g/mol. The van der Waals surface area contributed by atoms with Gasteiger partial charge in [0, 0.05) is 29.2 Å². The van der Waals surface area contributed by atoms with Crippen molar-refractivity contribution in [2.24, 2.45) is 5.92 Å². The molecule has 2 rings (SSSR count). The Morgan fingerprint density at radius 2 is 2.10 bits per heavy atom. The predicted molar refractivity (Wildman–Crippen MR) is 87.4 cm³/mol. The molecule has 1 aliphatic rings. The highest BCUT2D eigenvalue weighted by Crippen LogP contribution is 2.42. The average molecular weight is 316 g/mol. The van der Waals surface area contributed by atoms with Gasteiger partial charge in [-0.15, -0.1) is 11.8 Å². The molecule has 0 radical (unpaired) electrons. The molecule has 1 aliphatic heterocycles. The summed E-state index contributed by atoms with van der Waals surface area (Å²) in [7, 11) is 1.99. The fourth-order valence-electron chi connectivity index (χ4n) is 2.47. The fourth-order valence-corrected chi connectivity index (χ4v) is 5.45. The van der Waals surface area contributed by atoms with Crippen molar-refractivity contribution in [3.63, 3.8) is 0 Å². The lowest BCUT2D eigenvalue weighted by Gasteiger charge is -2.27. The largest absolute Gasteiger partial charge is 0.339 e. The first kappa shape index (κ1) is 16.2. The molecule has 2 heterocycles. The van der Waals surface area contributed by atoms with Crippen LogP contribution < -0.4 is 5.32 Å². The quantitative estimate of drug-likeness (QED) is 0.870. The lowest BCUT2D eigenvalue weighted by atomic mass is 10.0. The number of nitrogens with one attached hydrogen (secondary N) is 1. The van der Waals surface area contributed by atoms with E-state index >= 15 is 0 Å². The van der Waals surface area contributed by atoms with Gasteiger partial charge in [0.2, 0.25) is 5.89 Å². The van der Waals surface area contributed by atoms with Crippen molar-refractivity contribution >= 4 is 23.5 Å². The molecule has 4 nitrogen and oxygen atoms in total. The van der Waals surface area contributed by atoms with Gasteiger partial charge in [-0.1, -0.05) is 25.9 Å². The van der Waals surface area contributed by atoms with Gasteiger partial charge in [-0.3, -0.25) is 0 Å². The summed E-state index contributed by atoms with van der Waals surface area (Å²) in [5, 5.41) is 8.57. The molecule has 3 unspecified atom stereocenters. The molecule has 1 aromatic heterocycles. The van der Waals surface area contributed by atoms with Gasteiger partial charge < -0.3 is 9.84 Å². The summed E-state index contributed by atoms with van der Waals surface area (Å²) in [5.41, 5.74) is 0. The Kier molecular flexibility index (Phi) is 6.23. The number of hydrogen-bond donors (Lipinski definition) is 1. The van der Waals surface area contributed by atoms with Crippen LogP contribution in [0.5, 0.6) is 0 Å². The number of thioether (sulfide) groups is 2. The van der Waals surface area contributed by atoms with Crippen molar-refractivity contribution in [2.75, 3.05) is 18.6 Å². The molecule has 0 aliphatic carbocycles. The third-order valence-corrected chi connectivity index (χ3v) is 7.00. The van der Waals surface area contributed by atoms with Gasteiger partial charge in [0.15, 0.2) is 5.82 Å². The van der Waals surface area contributed by atoms with Crippen LogP contribution in [-0.2, 0) is 6.42 Å². The van der Waals surface area contributed by atoms with E-state index < -0.39 is 0 Å². The summed E-state index contributed by atoms with van der Waals surface area (Å²) in [5.74, 6) is 4.63. The first-order valence-corrected chi connectivity index (χ1v) is 9.48. The molecule has 0 amide bonds. The van der Waals surface area contributed by atoms with Crippen LogP contribution in [0.3, 0.4) is 0 Å². The van der Waals surface area contributed by atoms with Crippen molar-refractivity contribution in [3.8, 4) is 0 Å². The fraction of sp³-hybridized carbons (Fsp3) is 0.857. The van der Waals surface area contributed by atoms with Crippen LogP contribution in [0.25, 0.3) is 0 Å². The smallest absolute Gasteiger partial charge is 0.228 e. The summed E-state index contributed by atoms with van der Waals surface area (Å²) in [6, 6.07) is 0.388. The highest BCUT2D eigenvalue weighted by Gasteiger charge is 2.30. The zero-order chi connectivity index (χ0) is 14.5. The molecule has 6 heteroatoms. The number of nitrogens with zero attached hydrogens (tertiary/aromatic N) is 2. The summed E-state index contributed by atoms with van der Waals surface area (Å²) in [4.78, 5) is 4.65. The van der Waals surface area contributed by atoms with Crippen molar-refractivity contribution < 1.29 is 4.52 Å². The number of rotatable bonds is 6. The second-order valence-electron chi connectivity index (χ2n) is 5.50. The van der Waals surface area contributed by atoms with E-state index in [9.17, 15) is 0 Å². The number of likely N-dealkylation sites (N-methyl/N-ethyl adjacent to an activating group) is 1. The maximum atomic E-state index is 5.47. The van der Waals surface area contributed by atoms with E-state index in [4.69, 9.17) is 4.52 Å². The average Bonchev–Trinajstić information content (AvgIpc) is 2.92. The van der Waals surface area contributed by atoms with E-state index in [-0.39, 0.29) is 0 Å². The van der Waals surface area contributed by atoms with Crippen molar-refractivity contribution in [1.82, 2.24) is 15.5 Å². The van der Waals surface area contributed by atoms with Crippen LogP contribution in [0, 0.1) is 5.92 Å². The highest BCUT2D eigenvalue weighted by molar-refractivity contribution is 8.06. The maximum absolute atomic E-state index is 5.47. The van der Waals surface area contributed by atoms with Crippen LogP contribution in [0.4, 0.5) is 0 Å². The van der Waals surface area contributed by atoms with Crippen molar-refractivity contribution in [1.29, 1.82) is 0 Å². The van der Waals surface area contributed by atoms with E-state index in [2.05, 4.69) is 36.2 Å². The zero-order valence-corrected chi connectivity index (χ0v) is 14.4. The minimum Gasteiger partial charge on any atom is -0.339 e. The summed E-state index contributed by atoms with van der Waals surface area (Å²) < 4.78 is 5.47. The standard InChI is InChI=1S/C14H25N3OS2/c1-5-11-13(20-7-6-19-11)14-16-12(18-17-14)8-10(15-4)9(2)3/h9-11,13,15H,5-8H2,1-4H3. The van der Waals surface area contributed by atoms with E-state index in [0.717, 1.165) is 24.6 Å². The van der Waals surface area contributed by atoms with Gasteiger partial charge in [-0.25, -0.2) is 0 Å². The van der Waals surface area contributed by atoms with Crippen LogP contribution >= 0.6 is 23.5 Å². The third-order valence-electron chi connectivity index (χ3n) is 3.76. The highest BCUT2D eigenvalue weighted by atomic mass is 32.2. The molecular weight excluding hydrogens is 290 g/mol. The topological polar surface area (TPSA) is 51.0 Å². The van der Waals surface area contributed by atoms with Gasteiger partial charge >= 0.3 is 0 Å². The first-order chi connectivity index (χ1) is 9.65. The SMILES string of the molecule is CCC1SCCSC1c1noc(CC(NC)C(C)C)n1. The summed E-state index contributed by atoms with van der Waals surface area (Å²) in [6.45, 7) is 6.66. The van der Waals surface area contributed by atoms with Crippen molar-refractivity contribution in [2.45, 2.75) is 50.2 Å². The van der Waals surface area contributed by atoms with E-state index in [1.165, 1.54) is 11.5 Å². The van der Waals surface area contributed by atoms with Crippen LogP contribution in [0.15, 0.2) is 4.52 Å². The molecule has 0 saturated carbocycles. The molecule has 1 saturated heterocycles. The number of hydrogen-bond acceptors (Lipinski definition) is 6. The minimum atomic E-state index is 0.388. The Morgan fingerprint density at radius 3 is 2.75 bits per heavy atom. The Bertz CT molecular complexity index is 411. The Morgan fingerprint density at radius 1 is 1.35 bits per heavy atom. The normalized spacial score (nSPS) is 25.1. The third kappa shape index (κ3) is 3.92. The van der Waals surface area contributed by atoms with Crippen LogP contribution in [0.2, 0.25) is 0 Å². The van der Waals surface area contributed by atoms with E-state index in [1.807, 2.05) is 30.6 Å². The Labute approximate surface area is 130 Å². The maximum Gasteiger partial charge on any atom is 0.228 e. The molecule has 0 bridgehead atoms. The molecule has 1 aromatic rings. The lowest BCUT2D eigenvalue weighted by molar-refractivity contribution is 0.333. The molecular formula is C14H25N3OS2. The van der Waals surface area contributed by atoms with Gasteiger partial charge in [-0.05, 0) is 19.4 Å². The molecule has 1 fully saturated rings. The van der Waals surface area contributed by atoms with Gasteiger partial charge in [0.05, 0.1) is 5.25 Å². The van der Waals surface area contributed by atoms with Gasteiger partial charge in [-0.2, -0.15) is 16.7 Å². The molecule has 1 N–H and O–H groups in total. The number of aromatic nitrogens is 2. The first-order valence-electron chi connectivity index (χ1n) is 7.38. The Balaban J connectivity index is 2.04. The van der Waals surface area contributed by atoms with Gasteiger partial charge in [0.25, 0.3) is 0 Å². The molecule has 114 valence electrons. The van der Waals surface area contributed by atoms with Crippen LogP contribution in [-0.4, -0.2) is 40.0 Å². The predicted octanol–water partition coefficient (Wildman–Crippen LogP) is 3.16. The minimum absolute atomic E-state index is 0.388. The van der Waals surface area contributed by atoms with Gasteiger partial charge in [0.1, 0.15) is 0 Å². The second-order valence-corrected chi connectivity index (χ2v) is 8.10. The van der Waals surface area contributed by atoms with E-state index in [0.29, 0.717) is 22.5 Å². The van der Waals surface area contributed by atoms with Crippen molar-refractivity contribution in [3.05, 3.63) is 11.7 Å². The molecule has 0 aromatic carbocycles.